The molecule has 0 unspecified atom stereocenters. The third-order valence-electron chi connectivity index (χ3n) is 2.78. The molecule has 130 valence electrons. The predicted octanol–water partition coefficient (Wildman–Crippen LogP) is 2.55. The van der Waals surface area contributed by atoms with E-state index in [1.807, 2.05) is 0 Å². The Hall–Kier alpha value is -0.910. The first kappa shape index (κ1) is 21.1. The summed E-state index contributed by atoms with van der Waals surface area (Å²) in [6.07, 6.45) is 2.24. The Labute approximate surface area is 135 Å². The van der Waals surface area contributed by atoms with Crippen LogP contribution in [0.3, 0.4) is 0 Å². The molecule has 0 aromatic heterocycles. The molecular weight excluding hydrogens is 282 g/mol. The van der Waals surface area contributed by atoms with Crippen LogP contribution in [-0.4, -0.2) is 51.1 Å². The van der Waals surface area contributed by atoms with Crippen LogP contribution in [-0.2, 0) is 19.0 Å². The lowest BCUT2D eigenvalue weighted by Gasteiger charge is -2.32. The molecule has 0 aromatic rings. The Balaban J connectivity index is 3.43. The lowest BCUT2D eigenvalue weighted by atomic mass is 9.84. The maximum Gasteiger partial charge on any atom is 0.243 e. The van der Waals surface area contributed by atoms with Gasteiger partial charge in [0.05, 0.1) is 38.6 Å². The zero-order valence-corrected chi connectivity index (χ0v) is 14.9. The highest BCUT2D eigenvalue weighted by Crippen LogP contribution is 2.29. The number of ether oxygens (including phenoxy) is 3. The standard InChI is InChI=1S/C17H33NO4/c1-7-15(19)18-8-9-20-10-11-21-12-13-22-17(5,6)14-16(2,3)4/h7H,1,8-14H2,2-6H3,(H,18,19). The summed E-state index contributed by atoms with van der Waals surface area (Å²) in [5.41, 5.74) is 0.112. The highest BCUT2D eigenvalue weighted by molar-refractivity contribution is 5.86. The van der Waals surface area contributed by atoms with Crippen molar-refractivity contribution < 1.29 is 19.0 Å². The molecule has 0 aromatic carbocycles. The summed E-state index contributed by atoms with van der Waals surface area (Å²) in [5, 5.41) is 2.64. The maximum atomic E-state index is 10.9. The second-order valence-electron chi connectivity index (χ2n) is 7.07. The highest BCUT2D eigenvalue weighted by atomic mass is 16.5. The van der Waals surface area contributed by atoms with E-state index in [9.17, 15) is 4.79 Å². The normalized spacial score (nSPS) is 12.2. The van der Waals surface area contributed by atoms with Gasteiger partial charge in [0.25, 0.3) is 0 Å². The number of nitrogens with one attached hydrogen (secondary N) is 1. The topological polar surface area (TPSA) is 56.8 Å². The van der Waals surface area contributed by atoms with E-state index in [0.717, 1.165) is 6.42 Å². The molecule has 0 fully saturated rings. The van der Waals surface area contributed by atoms with Gasteiger partial charge in [0.2, 0.25) is 5.91 Å². The average molecular weight is 315 g/mol. The molecule has 0 radical (unpaired) electrons. The van der Waals surface area contributed by atoms with Gasteiger partial charge < -0.3 is 19.5 Å². The Kier molecular flexibility index (Phi) is 10.3. The maximum absolute atomic E-state index is 10.9. The van der Waals surface area contributed by atoms with Gasteiger partial charge in [-0.25, -0.2) is 0 Å². The van der Waals surface area contributed by atoms with Crippen LogP contribution in [0, 0.1) is 5.41 Å². The van der Waals surface area contributed by atoms with E-state index < -0.39 is 0 Å². The first-order valence-corrected chi connectivity index (χ1v) is 7.86. The Morgan fingerprint density at radius 3 is 2.09 bits per heavy atom. The van der Waals surface area contributed by atoms with E-state index >= 15 is 0 Å². The molecule has 0 atom stereocenters. The summed E-state index contributed by atoms with van der Waals surface area (Å²) in [7, 11) is 0. The van der Waals surface area contributed by atoms with Crippen LogP contribution in [0.1, 0.15) is 41.0 Å². The van der Waals surface area contributed by atoms with E-state index in [-0.39, 0.29) is 16.9 Å². The molecule has 0 aliphatic rings. The summed E-state index contributed by atoms with van der Waals surface area (Å²) in [4.78, 5) is 10.9. The summed E-state index contributed by atoms with van der Waals surface area (Å²) < 4.78 is 16.6. The number of hydrogen-bond donors (Lipinski definition) is 1. The van der Waals surface area contributed by atoms with Crippen LogP contribution < -0.4 is 5.32 Å². The van der Waals surface area contributed by atoms with Gasteiger partial charge in [-0.1, -0.05) is 27.4 Å². The van der Waals surface area contributed by atoms with Crippen molar-refractivity contribution in [3.63, 3.8) is 0 Å². The van der Waals surface area contributed by atoms with Crippen molar-refractivity contribution >= 4 is 5.91 Å². The predicted molar refractivity (Wildman–Crippen MR) is 88.9 cm³/mol. The smallest absolute Gasteiger partial charge is 0.243 e. The van der Waals surface area contributed by atoms with E-state index in [2.05, 4.69) is 46.5 Å². The van der Waals surface area contributed by atoms with Crippen molar-refractivity contribution in [3.8, 4) is 0 Å². The van der Waals surface area contributed by atoms with Gasteiger partial charge >= 0.3 is 0 Å². The Morgan fingerprint density at radius 2 is 1.55 bits per heavy atom. The second kappa shape index (κ2) is 10.8. The first-order valence-electron chi connectivity index (χ1n) is 7.86. The van der Waals surface area contributed by atoms with Gasteiger partial charge in [-0.2, -0.15) is 0 Å². The zero-order valence-electron chi connectivity index (χ0n) is 14.9. The van der Waals surface area contributed by atoms with E-state index in [1.54, 1.807) is 0 Å². The van der Waals surface area contributed by atoms with Crippen LogP contribution in [0.4, 0.5) is 0 Å². The monoisotopic (exact) mass is 315 g/mol. The van der Waals surface area contributed by atoms with Crippen LogP contribution >= 0.6 is 0 Å². The van der Waals surface area contributed by atoms with E-state index in [1.165, 1.54) is 6.08 Å². The molecule has 0 saturated heterocycles. The van der Waals surface area contributed by atoms with Crippen molar-refractivity contribution in [1.82, 2.24) is 5.32 Å². The molecule has 0 heterocycles. The van der Waals surface area contributed by atoms with Gasteiger partial charge in [0.1, 0.15) is 0 Å². The molecule has 0 aliphatic heterocycles. The number of hydrogen-bond acceptors (Lipinski definition) is 4. The summed E-state index contributed by atoms with van der Waals surface area (Å²) in [6.45, 7) is 17.4. The lowest BCUT2D eigenvalue weighted by Crippen LogP contribution is -2.31. The Bertz CT molecular complexity index is 321. The van der Waals surface area contributed by atoms with Gasteiger partial charge in [-0.05, 0) is 31.8 Å². The molecule has 0 rings (SSSR count). The third-order valence-corrected chi connectivity index (χ3v) is 2.78. The molecule has 0 bridgehead atoms. The van der Waals surface area contributed by atoms with Crippen molar-refractivity contribution in [2.24, 2.45) is 5.41 Å². The summed E-state index contributed by atoms with van der Waals surface area (Å²) in [6, 6.07) is 0. The summed E-state index contributed by atoms with van der Waals surface area (Å²) in [5.74, 6) is -0.185. The molecule has 5 heteroatoms. The average Bonchev–Trinajstić information content (AvgIpc) is 2.37. The van der Waals surface area contributed by atoms with Crippen molar-refractivity contribution in [1.29, 1.82) is 0 Å². The first-order chi connectivity index (χ1) is 10.2. The number of amides is 1. The van der Waals surface area contributed by atoms with Gasteiger partial charge in [-0.3, -0.25) is 4.79 Å². The largest absolute Gasteiger partial charge is 0.377 e. The third kappa shape index (κ3) is 14.0. The van der Waals surface area contributed by atoms with Crippen LogP contribution in [0.15, 0.2) is 12.7 Å². The SMILES string of the molecule is C=CC(=O)NCCOCCOCCOC(C)(C)CC(C)(C)C. The molecule has 1 N–H and O–H groups in total. The van der Waals surface area contributed by atoms with Gasteiger partial charge in [0.15, 0.2) is 0 Å². The fourth-order valence-electron chi connectivity index (χ4n) is 2.35. The molecule has 0 aliphatic carbocycles. The highest BCUT2D eigenvalue weighted by Gasteiger charge is 2.25. The number of carbonyl (C=O) groups is 1. The molecule has 22 heavy (non-hydrogen) atoms. The van der Waals surface area contributed by atoms with Crippen LogP contribution in [0.25, 0.3) is 0 Å². The fraction of sp³-hybridized carbons (Fsp3) is 0.824. The molecular formula is C17H33NO4. The molecule has 0 saturated carbocycles. The fourth-order valence-corrected chi connectivity index (χ4v) is 2.35. The molecule has 1 amide bonds. The number of rotatable bonds is 12. The van der Waals surface area contributed by atoms with Crippen LogP contribution in [0.5, 0.6) is 0 Å². The van der Waals surface area contributed by atoms with E-state index in [0.29, 0.717) is 39.6 Å². The lowest BCUT2D eigenvalue weighted by molar-refractivity contribution is -0.116. The minimum absolute atomic E-state index is 0.137. The van der Waals surface area contributed by atoms with Gasteiger partial charge in [-0.15, -0.1) is 0 Å². The van der Waals surface area contributed by atoms with Crippen molar-refractivity contribution in [2.75, 3.05) is 39.6 Å². The van der Waals surface area contributed by atoms with E-state index in [4.69, 9.17) is 14.2 Å². The van der Waals surface area contributed by atoms with Gasteiger partial charge in [0, 0.05) is 6.54 Å². The minimum Gasteiger partial charge on any atom is -0.377 e. The zero-order chi connectivity index (χ0) is 17.1. The van der Waals surface area contributed by atoms with Crippen LogP contribution in [0.2, 0.25) is 0 Å². The summed E-state index contributed by atoms with van der Waals surface area (Å²) >= 11 is 0. The molecule has 5 nitrogen and oxygen atoms in total. The van der Waals surface area contributed by atoms with Crippen molar-refractivity contribution in [2.45, 2.75) is 46.6 Å². The number of carbonyl (C=O) groups excluding carboxylic acids is 1. The minimum atomic E-state index is -0.185. The second-order valence-corrected chi connectivity index (χ2v) is 7.07. The van der Waals surface area contributed by atoms with Crippen molar-refractivity contribution in [3.05, 3.63) is 12.7 Å². The Morgan fingerprint density at radius 1 is 1.00 bits per heavy atom. The quantitative estimate of drug-likeness (QED) is 0.444. The molecule has 0 spiro atoms.